The van der Waals surface area contributed by atoms with Crippen molar-refractivity contribution in [3.63, 3.8) is 0 Å². The number of rotatable bonds is 8. The van der Waals surface area contributed by atoms with Crippen molar-refractivity contribution in [1.82, 2.24) is 0 Å². The molecule has 3 aromatic carbocycles. The van der Waals surface area contributed by atoms with Gasteiger partial charge in [0.05, 0.1) is 14.0 Å². The molecule has 0 radical (unpaired) electrons. The Balaban J connectivity index is 2.26. The van der Waals surface area contributed by atoms with Gasteiger partial charge in [0.2, 0.25) is 0 Å². The van der Waals surface area contributed by atoms with Gasteiger partial charge >= 0.3 is 0 Å². The van der Waals surface area contributed by atoms with Crippen molar-refractivity contribution in [3.8, 4) is 0 Å². The summed E-state index contributed by atoms with van der Waals surface area (Å²) in [5.41, 5.74) is 3.19. The Morgan fingerprint density at radius 3 is 1.74 bits per heavy atom. The first-order valence-corrected chi connectivity index (χ1v) is 9.83. The van der Waals surface area contributed by atoms with Crippen molar-refractivity contribution >= 4 is 8.81 Å². The van der Waals surface area contributed by atoms with E-state index in [1.807, 2.05) is 78.9 Å². The van der Waals surface area contributed by atoms with E-state index in [0.29, 0.717) is 0 Å². The summed E-state index contributed by atoms with van der Waals surface area (Å²) in [5, 5.41) is 9.82. The predicted molar refractivity (Wildman–Crippen MR) is 110 cm³/mol. The minimum Gasteiger partial charge on any atom is -0.296 e. The van der Waals surface area contributed by atoms with Gasteiger partial charge in [0, 0.05) is 5.92 Å². The molecule has 27 heavy (non-hydrogen) atoms. The lowest BCUT2D eigenvalue weighted by atomic mass is 9.75. The third-order valence-electron chi connectivity index (χ3n) is 4.87. The Morgan fingerprint density at radius 2 is 1.33 bits per heavy atom. The fraction of sp³-hybridized carbons (Fsp3) is 0.182. The van der Waals surface area contributed by atoms with Gasteiger partial charge in [-0.05, 0) is 23.1 Å². The summed E-state index contributed by atoms with van der Waals surface area (Å²) in [6.07, 6.45) is 0.821. The van der Waals surface area contributed by atoms with E-state index in [9.17, 15) is 10.1 Å². The van der Waals surface area contributed by atoms with Crippen LogP contribution in [0.2, 0.25) is 0 Å². The van der Waals surface area contributed by atoms with Crippen LogP contribution in [0.3, 0.4) is 0 Å². The smallest absolute Gasteiger partial charge is 0.296 e. The van der Waals surface area contributed by atoms with Crippen LogP contribution in [0.4, 0.5) is 0 Å². The van der Waals surface area contributed by atoms with Crippen LogP contribution >= 0.6 is 8.81 Å². The molecule has 138 valence electrons. The summed E-state index contributed by atoms with van der Waals surface area (Å²) >= 11 is 0. The van der Waals surface area contributed by atoms with Gasteiger partial charge in [0.25, 0.3) is 5.09 Å². The molecule has 0 aliphatic rings. The molecule has 0 saturated heterocycles. The molecular formula is C22H22NO3P. The molecule has 0 spiro atoms. The van der Waals surface area contributed by atoms with Gasteiger partial charge in [-0.3, -0.25) is 4.62 Å². The van der Waals surface area contributed by atoms with Crippen molar-refractivity contribution in [1.29, 1.82) is 0 Å². The molecule has 0 saturated carbocycles. The highest BCUT2D eigenvalue weighted by Crippen LogP contribution is 2.57. The minimum atomic E-state index is -0.684. The summed E-state index contributed by atoms with van der Waals surface area (Å²) in [7, 11) is -0.358. The van der Waals surface area contributed by atoms with Crippen LogP contribution in [0, 0.1) is 10.1 Å². The van der Waals surface area contributed by atoms with Crippen LogP contribution in [-0.4, -0.2) is 5.09 Å². The predicted octanol–water partition coefficient (Wildman–Crippen LogP) is 5.93. The zero-order valence-corrected chi connectivity index (χ0v) is 16.1. The lowest BCUT2D eigenvalue weighted by Gasteiger charge is -2.41. The largest absolute Gasteiger partial charge is 0.297 e. The lowest BCUT2D eigenvalue weighted by Crippen LogP contribution is -2.31. The molecule has 3 rings (SSSR count). The second-order valence-corrected chi connectivity index (χ2v) is 7.50. The number of hydrogen-bond acceptors (Lipinski definition) is 3. The standard InChI is InChI=1S/C22H22NO3P/c1-2-21(18-12-6-3-7-13-18)22(27-26-23(24)25,19-14-8-4-9-15-19)20-16-10-5-11-17-20/h3-17,21,27H,2H2,1H3. The van der Waals surface area contributed by atoms with Gasteiger partial charge in [-0.2, -0.15) is 0 Å². The highest BCUT2D eigenvalue weighted by molar-refractivity contribution is 7.34. The first kappa shape index (κ1) is 19.1. The van der Waals surface area contributed by atoms with Crippen LogP contribution in [0.15, 0.2) is 91.0 Å². The molecule has 3 aromatic rings. The van der Waals surface area contributed by atoms with Crippen molar-refractivity contribution in [2.45, 2.75) is 24.4 Å². The maximum absolute atomic E-state index is 11.1. The average Bonchev–Trinajstić information content (AvgIpc) is 2.73. The summed E-state index contributed by atoms with van der Waals surface area (Å²) in [5.74, 6) is 0.0294. The van der Waals surface area contributed by atoms with E-state index in [1.54, 1.807) is 0 Å². The van der Waals surface area contributed by atoms with Gasteiger partial charge in [-0.25, -0.2) is 0 Å². The molecule has 2 unspecified atom stereocenters. The fourth-order valence-corrected chi connectivity index (χ4v) is 5.05. The van der Waals surface area contributed by atoms with Crippen molar-refractivity contribution < 1.29 is 9.71 Å². The van der Waals surface area contributed by atoms with E-state index in [2.05, 4.69) is 19.1 Å². The second-order valence-electron chi connectivity index (χ2n) is 6.33. The van der Waals surface area contributed by atoms with Gasteiger partial charge < -0.3 is 0 Å². The van der Waals surface area contributed by atoms with Crippen LogP contribution in [0.1, 0.15) is 36.0 Å². The van der Waals surface area contributed by atoms with Crippen molar-refractivity contribution in [2.24, 2.45) is 0 Å². The zero-order valence-electron chi connectivity index (χ0n) is 15.1. The molecule has 0 aliphatic carbocycles. The first-order valence-electron chi connectivity index (χ1n) is 8.93. The van der Waals surface area contributed by atoms with E-state index in [4.69, 9.17) is 4.62 Å². The molecule has 0 amide bonds. The maximum atomic E-state index is 11.1. The van der Waals surface area contributed by atoms with Crippen LogP contribution in [0.5, 0.6) is 0 Å². The quantitative estimate of drug-likeness (QED) is 0.277. The Labute approximate surface area is 161 Å². The van der Waals surface area contributed by atoms with Gasteiger partial charge in [0.1, 0.15) is 0 Å². The summed E-state index contributed by atoms with van der Waals surface area (Å²) < 4.78 is 5.07. The summed E-state index contributed by atoms with van der Waals surface area (Å²) in [6.45, 7) is 2.12. The summed E-state index contributed by atoms with van der Waals surface area (Å²) in [4.78, 5) is 11.1. The van der Waals surface area contributed by atoms with E-state index in [-0.39, 0.29) is 14.7 Å². The third-order valence-corrected chi connectivity index (χ3v) is 6.36. The van der Waals surface area contributed by atoms with Crippen LogP contribution < -0.4 is 0 Å². The highest BCUT2D eigenvalue weighted by atomic mass is 31.1. The lowest BCUT2D eigenvalue weighted by molar-refractivity contribution is -0.710. The highest BCUT2D eigenvalue weighted by Gasteiger charge is 2.43. The van der Waals surface area contributed by atoms with E-state index < -0.39 is 10.2 Å². The summed E-state index contributed by atoms with van der Waals surface area (Å²) in [6, 6.07) is 30.1. The van der Waals surface area contributed by atoms with Gasteiger partial charge in [-0.1, -0.05) is 97.9 Å². The molecule has 0 heterocycles. The molecule has 0 aromatic heterocycles. The molecule has 0 aliphatic heterocycles. The SMILES string of the molecule is CCC(c1ccccc1)C(PO[N+](=O)[O-])(c1ccccc1)c1ccccc1. The Morgan fingerprint density at radius 1 is 0.889 bits per heavy atom. The normalized spacial score (nSPS) is 12.8. The second kappa shape index (κ2) is 8.79. The topological polar surface area (TPSA) is 52.4 Å². The molecule has 0 fully saturated rings. The molecule has 0 bridgehead atoms. The first-order chi connectivity index (χ1) is 13.2. The number of hydrogen-bond donors (Lipinski definition) is 0. The molecule has 5 heteroatoms. The van der Waals surface area contributed by atoms with Crippen LogP contribution in [0.25, 0.3) is 0 Å². The third kappa shape index (κ3) is 4.01. The minimum absolute atomic E-state index is 0.0294. The number of benzene rings is 3. The Kier molecular flexibility index (Phi) is 6.20. The molecule has 4 nitrogen and oxygen atoms in total. The van der Waals surface area contributed by atoms with Crippen molar-refractivity contribution in [2.75, 3.05) is 0 Å². The molecule has 0 N–H and O–H groups in total. The number of nitrogens with zero attached hydrogens (tertiary/aromatic N) is 1. The average molecular weight is 379 g/mol. The van der Waals surface area contributed by atoms with Gasteiger partial charge in [0.15, 0.2) is 0 Å². The Hall–Kier alpha value is -2.71. The zero-order chi connectivity index (χ0) is 19.1. The van der Waals surface area contributed by atoms with E-state index >= 15 is 0 Å². The molecular weight excluding hydrogens is 357 g/mol. The van der Waals surface area contributed by atoms with E-state index in [1.165, 1.54) is 0 Å². The van der Waals surface area contributed by atoms with Crippen molar-refractivity contribution in [3.05, 3.63) is 118 Å². The maximum Gasteiger partial charge on any atom is 0.297 e. The fourth-order valence-electron chi connectivity index (χ4n) is 3.75. The molecule has 2 atom stereocenters. The van der Waals surface area contributed by atoms with E-state index in [0.717, 1.165) is 23.1 Å². The monoisotopic (exact) mass is 379 g/mol. The Bertz CT molecular complexity index is 817. The van der Waals surface area contributed by atoms with Gasteiger partial charge in [-0.15, -0.1) is 10.1 Å². The van der Waals surface area contributed by atoms with Crippen LogP contribution in [-0.2, 0) is 9.78 Å².